The van der Waals surface area contributed by atoms with E-state index in [1.165, 1.54) is 12.1 Å². The van der Waals surface area contributed by atoms with Crippen molar-refractivity contribution in [1.82, 2.24) is 9.88 Å². The van der Waals surface area contributed by atoms with Crippen molar-refractivity contribution in [2.45, 2.75) is 6.54 Å². The first-order chi connectivity index (χ1) is 11.9. The second kappa shape index (κ2) is 7.39. The zero-order valence-corrected chi connectivity index (χ0v) is 14.7. The molecule has 3 aromatic rings. The Balaban J connectivity index is 1.59. The quantitative estimate of drug-likeness (QED) is 0.713. The number of amides is 1. The molecule has 8 heteroatoms. The number of anilines is 1. The van der Waals surface area contributed by atoms with Crippen LogP contribution >= 0.6 is 23.2 Å². The Bertz CT molecular complexity index is 929. The molecule has 0 unspecified atom stereocenters. The highest BCUT2D eigenvalue weighted by molar-refractivity contribution is 6.42. The van der Waals surface area contributed by atoms with Crippen molar-refractivity contribution in [2.75, 3.05) is 18.9 Å². The lowest BCUT2D eigenvalue weighted by atomic mass is 10.3. The van der Waals surface area contributed by atoms with Crippen molar-refractivity contribution in [3.63, 3.8) is 0 Å². The smallest absolute Gasteiger partial charge is 0.238 e. The van der Waals surface area contributed by atoms with E-state index in [1.807, 2.05) is 0 Å². The Kier molecular flexibility index (Phi) is 5.22. The topological polar surface area (TPSA) is 58.4 Å². The van der Waals surface area contributed by atoms with Crippen molar-refractivity contribution in [1.29, 1.82) is 0 Å². The molecule has 130 valence electrons. The van der Waals surface area contributed by atoms with E-state index in [9.17, 15) is 9.18 Å². The molecule has 25 heavy (non-hydrogen) atoms. The van der Waals surface area contributed by atoms with Crippen molar-refractivity contribution < 1.29 is 13.6 Å². The summed E-state index contributed by atoms with van der Waals surface area (Å²) in [5.74, 6) is -0.196. The van der Waals surface area contributed by atoms with Gasteiger partial charge in [0, 0.05) is 11.8 Å². The number of aromatic nitrogens is 1. The van der Waals surface area contributed by atoms with Crippen LogP contribution in [0.2, 0.25) is 10.0 Å². The minimum atomic E-state index is -0.385. The number of fused-ring (bicyclic) bond motifs is 1. The molecule has 1 amide bonds. The summed E-state index contributed by atoms with van der Waals surface area (Å²) < 4.78 is 18.7. The van der Waals surface area contributed by atoms with Crippen LogP contribution in [0.4, 0.5) is 10.1 Å². The summed E-state index contributed by atoms with van der Waals surface area (Å²) in [5.41, 5.74) is 1.51. The normalized spacial score (nSPS) is 11.2. The maximum Gasteiger partial charge on any atom is 0.238 e. The van der Waals surface area contributed by atoms with Gasteiger partial charge >= 0.3 is 0 Å². The van der Waals surface area contributed by atoms with Crippen LogP contribution in [-0.2, 0) is 11.3 Å². The zero-order valence-electron chi connectivity index (χ0n) is 13.2. The molecular weight excluding hydrogens is 368 g/mol. The molecule has 2 aromatic carbocycles. The molecule has 3 rings (SSSR count). The van der Waals surface area contributed by atoms with E-state index >= 15 is 0 Å². The van der Waals surface area contributed by atoms with Crippen LogP contribution in [0.3, 0.4) is 0 Å². The van der Waals surface area contributed by atoms with Crippen LogP contribution in [0.5, 0.6) is 0 Å². The number of halogens is 3. The lowest BCUT2D eigenvalue weighted by Crippen LogP contribution is -2.29. The van der Waals surface area contributed by atoms with Gasteiger partial charge in [-0.3, -0.25) is 9.69 Å². The van der Waals surface area contributed by atoms with Crippen molar-refractivity contribution in [3.05, 3.63) is 58.2 Å². The predicted molar refractivity (Wildman–Crippen MR) is 95.4 cm³/mol. The summed E-state index contributed by atoms with van der Waals surface area (Å²) in [7, 11) is 1.75. The highest BCUT2D eigenvalue weighted by Gasteiger charge is 2.12. The van der Waals surface area contributed by atoms with E-state index in [2.05, 4.69) is 10.3 Å². The molecule has 0 saturated carbocycles. The Morgan fingerprint density at radius 1 is 1.24 bits per heavy atom. The fourth-order valence-corrected chi connectivity index (χ4v) is 2.62. The summed E-state index contributed by atoms with van der Waals surface area (Å²) in [4.78, 5) is 18.1. The SMILES string of the molecule is CN(CC(=O)Nc1ccc(Cl)c(Cl)c1)Cc1nc2ccc(F)cc2o1. The number of likely N-dealkylation sites (N-methyl/N-ethyl adjacent to an activating group) is 1. The lowest BCUT2D eigenvalue weighted by Gasteiger charge is -2.14. The number of nitrogens with one attached hydrogen (secondary N) is 1. The van der Waals surface area contributed by atoms with Gasteiger partial charge in [-0.15, -0.1) is 0 Å². The van der Waals surface area contributed by atoms with E-state index in [-0.39, 0.29) is 18.3 Å². The fraction of sp³-hybridized carbons (Fsp3) is 0.176. The van der Waals surface area contributed by atoms with Crippen LogP contribution in [0.15, 0.2) is 40.8 Å². The molecule has 1 aromatic heterocycles. The summed E-state index contributed by atoms with van der Waals surface area (Å²) >= 11 is 11.8. The van der Waals surface area contributed by atoms with Crippen LogP contribution < -0.4 is 5.32 Å². The molecule has 0 bridgehead atoms. The number of nitrogens with zero attached hydrogens (tertiary/aromatic N) is 2. The monoisotopic (exact) mass is 381 g/mol. The molecule has 0 aliphatic heterocycles. The molecule has 0 atom stereocenters. The van der Waals surface area contributed by atoms with E-state index in [4.69, 9.17) is 27.6 Å². The first-order valence-corrected chi connectivity index (χ1v) is 8.15. The van der Waals surface area contributed by atoms with E-state index in [0.29, 0.717) is 39.3 Å². The molecule has 0 aliphatic carbocycles. The average Bonchev–Trinajstić information content (AvgIpc) is 2.91. The third-order valence-corrected chi connectivity index (χ3v) is 4.16. The summed E-state index contributed by atoms with van der Waals surface area (Å²) in [6.45, 7) is 0.429. The largest absolute Gasteiger partial charge is 0.439 e. The van der Waals surface area contributed by atoms with Gasteiger partial charge in [0.05, 0.1) is 23.1 Å². The highest BCUT2D eigenvalue weighted by atomic mass is 35.5. The van der Waals surface area contributed by atoms with Gasteiger partial charge < -0.3 is 9.73 Å². The number of hydrogen-bond donors (Lipinski definition) is 1. The molecule has 0 saturated heterocycles. The first-order valence-electron chi connectivity index (χ1n) is 7.39. The zero-order chi connectivity index (χ0) is 18.0. The summed E-state index contributed by atoms with van der Waals surface area (Å²) in [6.07, 6.45) is 0. The molecule has 0 aliphatic rings. The Morgan fingerprint density at radius 2 is 2.04 bits per heavy atom. The number of carbonyl (C=O) groups is 1. The molecule has 1 heterocycles. The van der Waals surface area contributed by atoms with Gasteiger partial charge in [-0.05, 0) is 37.4 Å². The highest BCUT2D eigenvalue weighted by Crippen LogP contribution is 2.25. The molecule has 0 radical (unpaired) electrons. The maximum atomic E-state index is 13.2. The Hall–Kier alpha value is -2.15. The molecule has 5 nitrogen and oxygen atoms in total. The van der Waals surface area contributed by atoms with E-state index in [0.717, 1.165) is 0 Å². The van der Waals surface area contributed by atoms with Gasteiger partial charge in [-0.1, -0.05) is 23.2 Å². The number of benzene rings is 2. The lowest BCUT2D eigenvalue weighted by molar-refractivity contribution is -0.117. The third kappa shape index (κ3) is 4.48. The average molecular weight is 382 g/mol. The van der Waals surface area contributed by atoms with Crippen LogP contribution in [0.25, 0.3) is 11.1 Å². The standard InChI is InChI=1S/C17H14Cl2FN3O2/c1-23(8-16(24)21-11-3-4-12(18)13(19)7-11)9-17-22-14-5-2-10(20)6-15(14)25-17/h2-7H,8-9H2,1H3,(H,21,24). The second-order valence-corrected chi connectivity index (χ2v) is 6.38. The van der Waals surface area contributed by atoms with Crippen molar-refractivity contribution in [3.8, 4) is 0 Å². The van der Waals surface area contributed by atoms with Crippen LogP contribution in [-0.4, -0.2) is 29.4 Å². The number of hydrogen-bond acceptors (Lipinski definition) is 4. The molecule has 1 N–H and O–H groups in total. The molecular formula is C17H14Cl2FN3O2. The van der Waals surface area contributed by atoms with Gasteiger partial charge in [0.1, 0.15) is 11.3 Å². The Morgan fingerprint density at radius 3 is 2.80 bits per heavy atom. The van der Waals surface area contributed by atoms with Crippen molar-refractivity contribution >= 4 is 45.9 Å². The summed E-state index contributed by atoms with van der Waals surface area (Å²) in [6, 6.07) is 9.01. The Labute approximate surface area is 153 Å². The molecule has 0 spiro atoms. The van der Waals surface area contributed by atoms with E-state index in [1.54, 1.807) is 36.2 Å². The minimum absolute atomic E-state index is 0.118. The second-order valence-electron chi connectivity index (χ2n) is 5.57. The maximum absolute atomic E-state index is 13.2. The third-order valence-electron chi connectivity index (χ3n) is 3.42. The van der Waals surface area contributed by atoms with Gasteiger partial charge in [0.25, 0.3) is 0 Å². The van der Waals surface area contributed by atoms with Crippen LogP contribution in [0.1, 0.15) is 5.89 Å². The van der Waals surface area contributed by atoms with Gasteiger partial charge in [0.15, 0.2) is 5.58 Å². The van der Waals surface area contributed by atoms with Gasteiger partial charge in [0.2, 0.25) is 11.8 Å². The van der Waals surface area contributed by atoms with Crippen molar-refractivity contribution in [2.24, 2.45) is 0 Å². The summed E-state index contributed by atoms with van der Waals surface area (Å²) in [5, 5.41) is 3.52. The minimum Gasteiger partial charge on any atom is -0.439 e. The van der Waals surface area contributed by atoms with Gasteiger partial charge in [-0.2, -0.15) is 0 Å². The fourth-order valence-electron chi connectivity index (χ4n) is 2.32. The number of carbonyl (C=O) groups excluding carboxylic acids is 1. The predicted octanol–water partition coefficient (Wildman–Crippen LogP) is 4.34. The first kappa shape index (κ1) is 17.7. The van der Waals surface area contributed by atoms with Gasteiger partial charge in [-0.25, -0.2) is 9.37 Å². The van der Waals surface area contributed by atoms with Crippen LogP contribution in [0, 0.1) is 5.82 Å². The number of rotatable bonds is 5. The molecule has 0 fully saturated rings. The number of oxazole rings is 1. The van der Waals surface area contributed by atoms with E-state index < -0.39 is 0 Å².